The summed E-state index contributed by atoms with van der Waals surface area (Å²) in [5.74, 6) is 0. The first-order chi connectivity index (χ1) is 23.0. The van der Waals surface area contributed by atoms with Gasteiger partial charge < -0.3 is 9.11 Å². The van der Waals surface area contributed by atoms with Crippen LogP contribution in [0.2, 0.25) is 0 Å². The standard InChI is InChI=1S/2C20H28O3S.Ca/c2*1-3-5-7-10-16-14-15-17(11-8-6-4-2)20-18(16)12-9-13-19(20)24(21,22)23;/h2*9,12-15H,3-8,10-11H2,1-2H3,(H,21,22,23);/q;;+2/p-2. The number of hydrogen-bond acceptors (Lipinski definition) is 6. The van der Waals surface area contributed by atoms with Crippen molar-refractivity contribution in [3.05, 3.63) is 82.9 Å². The second kappa shape index (κ2) is 21.8. The van der Waals surface area contributed by atoms with Crippen molar-refractivity contribution < 1.29 is 25.9 Å². The van der Waals surface area contributed by atoms with Crippen molar-refractivity contribution in [3.8, 4) is 0 Å². The molecule has 6 nitrogen and oxygen atoms in total. The van der Waals surface area contributed by atoms with Gasteiger partial charge in [-0.1, -0.05) is 128 Å². The Hall–Kier alpha value is -1.52. The molecule has 0 heterocycles. The summed E-state index contributed by atoms with van der Waals surface area (Å²) in [6, 6.07) is 18.4. The maximum absolute atomic E-state index is 11.7. The van der Waals surface area contributed by atoms with E-state index in [1.807, 2.05) is 24.3 Å². The van der Waals surface area contributed by atoms with Gasteiger partial charge in [-0.05, 0) is 96.5 Å². The topological polar surface area (TPSA) is 114 Å². The zero-order valence-corrected chi connectivity index (χ0v) is 33.9. The molecule has 4 aromatic rings. The van der Waals surface area contributed by atoms with Gasteiger partial charge in [0, 0.05) is 10.8 Å². The molecule has 0 amide bonds. The fraction of sp³-hybridized carbons (Fsp3) is 0.500. The zero-order valence-electron chi connectivity index (χ0n) is 30.1. The van der Waals surface area contributed by atoms with Gasteiger partial charge in [0.1, 0.15) is 20.2 Å². The van der Waals surface area contributed by atoms with Gasteiger partial charge in [-0.2, -0.15) is 0 Å². The van der Waals surface area contributed by atoms with E-state index in [9.17, 15) is 25.9 Å². The summed E-state index contributed by atoms with van der Waals surface area (Å²) in [6.07, 6.45) is 16.7. The molecule has 0 spiro atoms. The van der Waals surface area contributed by atoms with Gasteiger partial charge in [-0.15, -0.1) is 0 Å². The summed E-state index contributed by atoms with van der Waals surface area (Å²) in [7, 11) is -8.95. The number of benzene rings is 4. The minimum Gasteiger partial charge on any atom is -0.744 e. The van der Waals surface area contributed by atoms with Crippen LogP contribution >= 0.6 is 0 Å². The molecule has 4 rings (SSSR count). The summed E-state index contributed by atoms with van der Waals surface area (Å²) in [6.45, 7) is 8.61. The van der Waals surface area contributed by atoms with Gasteiger partial charge >= 0.3 is 37.7 Å². The van der Waals surface area contributed by atoms with E-state index in [1.165, 1.54) is 12.1 Å². The van der Waals surface area contributed by atoms with E-state index in [4.69, 9.17) is 0 Å². The van der Waals surface area contributed by atoms with Crippen molar-refractivity contribution in [1.82, 2.24) is 0 Å². The average Bonchev–Trinajstić information content (AvgIpc) is 3.05. The Bertz CT molecular complexity index is 1700. The predicted octanol–water partition coefficient (Wildman–Crippen LogP) is 10.0. The molecule has 0 N–H and O–H groups in total. The quantitative estimate of drug-likeness (QED) is 0.0571. The number of hydrogen-bond donors (Lipinski definition) is 0. The molecule has 0 radical (unpaired) electrons. The van der Waals surface area contributed by atoms with E-state index >= 15 is 0 Å². The molecule has 0 fully saturated rings. The summed E-state index contributed by atoms with van der Waals surface area (Å²) < 4.78 is 70.5. The second-order valence-electron chi connectivity index (χ2n) is 12.9. The Labute approximate surface area is 326 Å². The largest absolute Gasteiger partial charge is 2.00 e. The van der Waals surface area contributed by atoms with Crippen molar-refractivity contribution in [2.45, 2.75) is 140 Å². The molecule has 0 saturated carbocycles. The first kappa shape index (κ1) is 43.6. The molecule has 0 aromatic heterocycles. The molecule has 264 valence electrons. The van der Waals surface area contributed by atoms with E-state index in [2.05, 4.69) is 39.8 Å². The Morgan fingerprint density at radius 1 is 0.429 bits per heavy atom. The van der Waals surface area contributed by atoms with Gasteiger partial charge in [0.05, 0.1) is 9.79 Å². The van der Waals surface area contributed by atoms with Crippen LogP contribution in [0, 0.1) is 0 Å². The van der Waals surface area contributed by atoms with Crippen molar-refractivity contribution in [3.63, 3.8) is 0 Å². The molecule has 0 aliphatic rings. The number of fused-ring (bicyclic) bond motifs is 2. The summed E-state index contributed by atoms with van der Waals surface area (Å²) in [5.41, 5.74) is 4.24. The average molecular weight is 735 g/mol. The molecule has 49 heavy (non-hydrogen) atoms. The Morgan fingerprint density at radius 3 is 1.00 bits per heavy atom. The van der Waals surface area contributed by atoms with Crippen LogP contribution in [0.5, 0.6) is 0 Å². The van der Waals surface area contributed by atoms with E-state index in [0.29, 0.717) is 10.8 Å². The van der Waals surface area contributed by atoms with Gasteiger partial charge in [-0.25, -0.2) is 16.8 Å². The van der Waals surface area contributed by atoms with E-state index < -0.39 is 20.2 Å². The van der Waals surface area contributed by atoms with E-state index in [0.717, 1.165) is 136 Å². The van der Waals surface area contributed by atoms with Crippen molar-refractivity contribution in [2.75, 3.05) is 0 Å². The van der Waals surface area contributed by atoms with Crippen LogP contribution in [0.1, 0.15) is 127 Å². The first-order valence-electron chi connectivity index (χ1n) is 18.0. The van der Waals surface area contributed by atoms with Gasteiger partial charge in [0.2, 0.25) is 0 Å². The fourth-order valence-electron chi connectivity index (χ4n) is 6.54. The number of aryl methyl sites for hydroxylation is 4. The molecular formula is C40H54CaO6S2. The third-order valence-corrected chi connectivity index (χ3v) is 10.9. The van der Waals surface area contributed by atoms with Crippen molar-refractivity contribution in [1.29, 1.82) is 0 Å². The molecule has 0 aliphatic heterocycles. The van der Waals surface area contributed by atoms with Crippen LogP contribution in [-0.4, -0.2) is 63.7 Å². The Morgan fingerprint density at radius 2 is 0.714 bits per heavy atom. The summed E-state index contributed by atoms with van der Waals surface area (Å²) >= 11 is 0. The maximum atomic E-state index is 11.7. The van der Waals surface area contributed by atoms with Crippen LogP contribution < -0.4 is 0 Å². The normalized spacial score (nSPS) is 11.7. The van der Waals surface area contributed by atoms with E-state index in [1.54, 1.807) is 12.1 Å². The summed E-state index contributed by atoms with van der Waals surface area (Å²) in [4.78, 5) is -0.132. The summed E-state index contributed by atoms with van der Waals surface area (Å²) in [5, 5.41) is 3.16. The molecule has 9 heteroatoms. The minimum atomic E-state index is -4.47. The molecule has 0 bridgehead atoms. The third kappa shape index (κ3) is 12.9. The van der Waals surface area contributed by atoms with Gasteiger partial charge in [0.25, 0.3) is 0 Å². The van der Waals surface area contributed by atoms with Crippen LogP contribution in [0.4, 0.5) is 0 Å². The first-order valence-corrected chi connectivity index (χ1v) is 20.8. The van der Waals surface area contributed by atoms with Crippen LogP contribution in [0.25, 0.3) is 21.5 Å². The fourth-order valence-corrected chi connectivity index (χ4v) is 8.01. The van der Waals surface area contributed by atoms with Gasteiger partial charge in [0.15, 0.2) is 0 Å². The van der Waals surface area contributed by atoms with Crippen molar-refractivity contribution >= 4 is 79.5 Å². The molecule has 0 unspecified atom stereocenters. The van der Waals surface area contributed by atoms with E-state index in [-0.39, 0.29) is 47.5 Å². The van der Waals surface area contributed by atoms with Crippen LogP contribution in [0.3, 0.4) is 0 Å². The maximum Gasteiger partial charge on any atom is 2.00 e. The molecule has 0 atom stereocenters. The number of unbranched alkanes of at least 4 members (excludes halogenated alkanes) is 8. The molecular weight excluding hydrogens is 681 g/mol. The third-order valence-electron chi connectivity index (χ3n) is 9.10. The van der Waals surface area contributed by atoms with Crippen molar-refractivity contribution in [2.24, 2.45) is 0 Å². The Kier molecular flexibility index (Phi) is 19.4. The minimum absolute atomic E-state index is 0. The SMILES string of the molecule is CCCCCc1ccc(CCCCC)c2c(S(=O)(=O)[O-])cccc12.CCCCCc1ccc(CCCCC)c2c(S(=O)(=O)[O-])cccc12.[Ca+2]. The molecule has 0 saturated heterocycles. The van der Waals surface area contributed by atoms with Gasteiger partial charge in [-0.3, -0.25) is 0 Å². The zero-order chi connectivity index (χ0) is 35.2. The monoisotopic (exact) mass is 734 g/mol. The van der Waals surface area contributed by atoms with Crippen LogP contribution in [0.15, 0.2) is 70.5 Å². The molecule has 4 aromatic carbocycles. The smallest absolute Gasteiger partial charge is 0.744 e. The Balaban J connectivity index is 0.000000333. The molecule has 0 aliphatic carbocycles. The second-order valence-corrected chi connectivity index (χ2v) is 15.6. The number of rotatable bonds is 18. The predicted molar refractivity (Wildman–Crippen MR) is 202 cm³/mol. The van der Waals surface area contributed by atoms with Crippen LogP contribution in [-0.2, 0) is 45.9 Å².